The maximum Gasteiger partial charge on any atom is 0.258 e. The molecule has 0 atom stereocenters. The fourth-order valence-corrected chi connectivity index (χ4v) is 3.27. The minimum atomic E-state index is -0.156. The number of likely N-dealkylation sites (tertiary alicyclic amines) is 1. The highest BCUT2D eigenvalue weighted by molar-refractivity contribution is 5.94. The van der Waals surface area contributed by atoms with Crippen molar-refractivity contribution in [1.82, 2.24) is 10.2 Å². The third-order valence-corrected chi connectivity index (χ3v) is 5.09. The first kappa shape index (κ1) is 19.7. The van der Waals surface area contributed by atoms with Crippen LogP contribution in [0, 0.1) is 13.8 Å². The predicted molar refractivity (Wildman–Crippen MR) is 107 cm³/mol. The molecule has 0 radical (unpaired) electrons. The molecule has 148 valence electrons. The van der Waals surface area contributed by atoms with Gasteiger partial charge in [-0.05, 0) is 68.1 Å². The number of rotatable bonds is 5. The molecule has 0 aliphatic carbocycles. The molecule has 1 heterocycles. The quantitative estimate of drug-likeness (QED) is 0.834. The Kier molecular flexibility index (Phi) is 6.19. The number of nitrogens with one attached hydrogen (secondary N) is 1. The summed E-state index contributed by atoms with van der Waals surface area (Å²) >= 11 is 0. The average molecular weight is 382 g/mol. The number of ether oxygens (including phenoxy) is 1. The molecule has 2 N–H and O–H groups in total. The van der Waals surface area contributed by atoms with Crippen LogP contribution < -0.4 is 10.1 Å². The molecule has 2 aromatic rings. The molecular formula is C22H26N2O4. The topological polar surface area (TPSA) is 78.9 Å². The van der Waals surface area contributed by atoms with E-state index in [2.05, 4.69) is 5.32 Å². The minimum absolute atomic E-state index is 0.0229. The van der Waals surface area contributed by atoms with Crippen molar-refractivity contribution in [3.8, 4) is 11.5 Å². The van der Waals surface area contributed by atoms with Crippen LogP contribution in [0.25, 0.3) is 0 Å². The zero-order valence-electron chi connectivity index (χ0n) is 16.3. The number of hydrogen-bond acceptors (Lipinski definition) is 4. The van der Waals surface area contributed by atoms with E-state index in [0.29, 0.717) is 37.2 Å². The Balaban J connectivity index is 1.44. The van der Waals surface area contributed by atoms with E-state index in [9.17, 15) is 14.7 Å². The smallest absolute Gasteiger partial charge is 0.258 e. The minimum Gasteiger partial charge on any atom is -0.508 e. The van der Waals surface area contributed by atoms with Gasteiger partial charge in [-0.15, -0.1) is 0 Å². The molecule has 0 spiro atoms. The Labute approximate surface area is 165 Å². The molecule has 1 aliphatic rings. The lowest BCUT2D eigenvalue weighted by Gasteiger charge is -2.32. The molecule has 0 saturated carbocycles. The van der Waals surface area contributed by atoms with Crippen molar-refractivity contribution in [2.75, 3.05) is 19.7 Å². The summed E-state index contributed by atoms with van der Waals surface area (Å²) < 4.78 is 5.57. The number of carbonyl (C=O) groups excluding carboxylic acids is 2. The third-order valence-electron chi connectivity index (χ3n) is 5.09. The molecule has 0 unspecified atom stereocenters. The van der Waals surface area contributed by atoms with Crippen molar-refractivity contribution in [2.45, 2.75) is 32.7 Å². The van der Waals surface area contributed by atoms with Gasteiger partial charge < -0.3 is 20.1 Å². The summed E-state index contributed by atoms with van der Waals surface area (Å²) in [6, 6.07) is 12.2. The zero-order valence-corrected chi connectivity index (χ0v) is 16.3. The number of piperidine rings is 1. The van der Waals surface area contributed by atoms with E-state index in [0.717, 1.165) is 5.56 Å². The summed E-state index contributed by atoms with van der Waals surface area (Å²) in [5.41, 5.74) is 2.79. The molecule has 6 heteroatoms. The number of carbonyl (C=O) groups is 2. The van der Waals surface area contributed by atoms with Crippen LogP contribution in [0.4, 0.5) is 0 Å². The summed E-state index contributed by atoms with van der Waals surface area (Å²) in [4.78, 5) is 26.4. The summed E-state index contributed by atoms with van der Waals surface area (Å²) in [5, 5.41) is 12.5. The van der Waals surface area contributed by atoms with Crippen LogP contribution in [0.5, 0.6) is 11.5 Å². The first-order chi connectivity index (χ1) is 13.4. The number of hydrogen-bond donors (Lipinski definition) is 2. The van der Waals surface area contributed by atoms with Crippen LogP contribution in [0.1, 0.15) is 34.3 Å². The van der Waals surface area contributed by atoms with Gasteiger partial charge in [0.2, 0.25) is 0 Å². The van der Waals surface area contributed by atoms with Crippen molar-refractivity contribution in [1.29, 1.82) is 0 Å². The number of aromatic hydroxyl groups is 1. The zero-order chi connectivity index (χ0) is 20.1. The van der Waals surface area contributed by atoms with Crippen LogP contribution in [0.15, 0.2) is 42.5 Å². The number of amides is 2. The van der Waals surface area contributed by atoms with Crippen molar-refractivity contribution in [2.24, 2.45) is 0 Å². The highest BCUT2D eigenvalue weighted by Crippen LogP contribution is 2.18. The van der Waals surface area contributed by atoms with Crippen LogP contribution >= 0.6 is 0 Å². The second-order valence-corrected chi connectivity index (χ2v) is 7.22. The number of aryl methyl sites for hydroxylation is 2. The highest BCUT2D eigenvalue weighted by atomic mass is 16.5. The van der Waals surface area contributed by atoms with E-state index in [1.165, 1.54) is 11.6 Å². The number of benzene rings is 2. The molecule has 0 bridgehead atoms. The van der Waals surface area contributed by atoms with Crippen molar-refractivity contribution in [3.05, 3.63) is 59.2 Å². The van der Waals surface area contributed by atoms with E-state index < -0.39 is 0 Å². The van der Waals surface area contributed by atoms with E-state index >= 15 is 0 Å². The molecule has 2 amide bonds. The van der Waals surface area contributed by atoms with Gasteiger partial charge in [0.15, 0.2) is 6.61 Å². The second kappa shape index (κ2) is 8.78. The van der Waals surface area contributed by atoms with Gasteiger partial charge >= 0.3 is 0 Å². The molecule has 0 aromatic heterocycles. The number of phenols is 1. The van der Waals surface area contributed by atoms with E-state index in [-0.39, 0.29) is 30.2 Å². The van der Waals surface area contributed by atoms with Gasteiger partial charge in [-0.3, -0.25) is 9.59 Å². The Bertz CT molecular complexity index is 857. The predicted octanol–water partition coefficient (Wildman–Crippen LogP) is 2.81. The Hall–Kier alpha value is -3.02. The monoisotopic (exact) mass is 382 g/mol. The van der Waals surface area contributed by atoms with Crippen molar-refractivity contribution >= 4 is 11.8 Å². The third kappa shape index (κ3) is 5.03. The van der Waals surface area contributed by atoms with Gasteiger partial charge in [0, 0.05) is 24.7 Å². The van der Waals surface area contributed by atoms with E-state index in [4.69, 9.17) is 4.74 Å². The highest BCUT2D eigenvalue weighted by Gasteiger charge is 2.24. The fourth-order valence-electron chi connectivity index (χ4n) is 3.27. The maximum absolute atomic E-state index is 12.5. The van der Waals surface area contributed by atoms with Crippen molar-refractivity contribution < 1.29 is 19.4 Å². The van der Waals surface area contributed by atoms with Gasteiger partial charge in [-0.25, -0.2) is 0 Å². The van der Waals surface area contributed by atoms with Crippen LogP contribution in [-0.2, 0) is 4.79 Å². The van der Waals surface area contributed by atoms with E-state index in [1.54, 1.807) is 23.1 Å². The van der Waals surface area contributed by atoms with Gasteiger partial charge in [0.1, 0.15) is 11.5 Å². The molecule has 3 rings (SSSR count). The number of phenolic OH excluding ortho intramolecular Hbond substituents is 1. The van der Waals surface area contributed by atoms with Crippen molar-refractivity contribution in [3.63, 3.8) is 0 Å². The Morgan fingerprint density at radius 2 is 1.86 bits per heavy atom. The van der Waals surface area contributed by atoms with Gasteiger partial charge in [0.25, 0.3) is 11.8 Å². The first-order valence-corrected chi connectivity index (χ1v) is 9.50. The lowest BCUT2D eigenvalue weighted by molar-refractivity contribution is -0.124. The molecule has 2 aromatic carbocycles. The normalized spacial score (nSPS) is 14.6. The molecule has 6 nitrogen and oxygen atoms in total. The lowest BCUT2D eigenvalue weighted by atomic mass is 10.0. The summed E-state index contributed by atoms with van der Waals surface area (Å²) in [6.07, 6.45) is 1.39. The Morgan fingerprint density at radius 3 is 2.54 bits per heavy atom. The summed E-state index contributed by atoms with van der Waals surface area (Å²) in [5.74, 6) is 0.510. The van der Waals surface area contributed by atoms with E-state index in [1.807, 2.05) is 32.0 Å². The standard InChI is InChI=1S/C22H26N2O4/c1-15-6-7-20(12-16(15)2)28-14-21(26)23-18-8-10-24(11-9-18)22(27)17-4-3-5-19(25)13-17/h3-7,12-13,18,25H,8-11,14H2,1-2H3,(H,23,26). The molecule has 28 heavy (non-hydrogen) atoms. The second-order valence-electron chi connectivity index (χ2n) is 7.22. The van der Waals surface area contributed by atoms with Crippen LogP contribution in [0.3, 0.4) is 0 Å². The summed E-state index contributed by atoms with van der Waals surface area (Å²) in [7, 11) is 0. The SMILES string of the molecule is Cc1ccc(OCC(=O)NC2CCN(C(=O)c3cccc(O)c3)CC2)cc1C. The largest absolute Gasteiger partial charge is 0.508 e. The first-order valence-electron chi connectivity index (χ1n) is 9.50. The lowest BCUT2D eigenvalue weighted by Crippen LogP contribution is -2.47. The van der Waals surface area contributed by atoms with Crippen LogP contribution in [0.2, 0.25) is 0 Å². The summed E-state index contributed by atoms with van der Waals surface area (Å²) in [6.45, 7) is 5.15. The van der Waals surface area contributed by atoms with Gasteiger partial charge in [0.05, 0.1) is 0 Å². The fraction of sp³-hybridized carbons (Fsp3) is 0.364. The Morgan fingerprint density at radius 1 is 1.11 bits per heavy atom. The average Bonchev–Trinajstić information content (AvgIpc) is 2.69. The maximum atomic E-state index is 12.5. The molecule has 1 aliphatic heterocycles. The van der Waals surface area contributed by atoms with Gasteiger partial charge in [-0.2, -0.15) is 0 Å². The number of nitrogens with zero attached hydrogens (tertiary/aromatic N) is 1. The molecule has 1 fully saturated rings. The molecular weight excluding hydrogens is 356 g/mol. The van der Waals surface area contributed by atoms with Gasteiger partial charge in [-0.1, -0.05) is 12.1 Å². The molecule has 1 saturated heterocycles. The van der Waals surface area contributed by atoms with Crippen LogP contribution in [-0.4, -0.2) is 47.6 Å².